The Hall–Kier alpha value is -4.91. The molecule has 184 valence electrons. The van der Waals surface area contributed by atoms with Crippen molar-refractivity contribution >= 4 is 34.5 Å². The van der Waals surface area contributed by atoms with Crippen LogP contribution in [0.15, 0.2) is 85.1 Å². The number of aromatic carboxylic acids is 1. The number of carboxylic acids is 1. The van der Waals surface area contributed by atoms with Crippen molar-refractivity contribution in [3.05, 3.63) is 113 Å². The first-order valence-electron chi connectivity index (χ1n) is 11.6. The fraction of sp³-hybridized carbons (Fsp3) is 0.0667. The lowest BCUT2D eigenvalue weighted by molar-refractivity contribution is -0.112. The molecular formula is C30H23FN2O4. The largest absolute Gasteiger partial charge is 0.505 e. The molecule has 0 unspecified atom stereocenters. The number of aryl methyl sites for hydroxylation is 2. The van der Waals surface area contributed by atoms with Gasteiger partial charge in [-0.3, -0.25) is 9.69 Å². The molecule has 6 nitrogen and oxygen atoms in total. The summed E-state index contributed by atoms with van der Waals surface area (Å²) in [6.45, 7) is 3.97. The number of hydrogen-bond acceptors (Lipinski definition) is 4. The summed E-state index contributed by atoms with van der Waals surface area (Å²) in [5.41, 5.74) is 5.32. The van der Waals surface area contributed by atoms with Crippen LogP contribution < -0.4 is 10.2 Å². The second kappa shape index (κ2) is 9.28. The van der Waals surface area contributed by atoms with Crippen LogP contribution in [0.5, 0.6) is 5.75 Å². The molecule has 0 aliphatic carbocycles. The van der Waals surface area contributed by atoms with Crippen molar-refractivity contribution < 1.29 is 24.2 Å². The van der Waals surface area contributed by atoms with Gasteiger partial charge < -0.3 is 15.5 Å². The molecule has 1 amide bonds. The monoisotopic (exact) mass is 494 g/mol. The molecule has 0 saturated heterocycles. The Kier molecular flexibility index (Phi) is 5.97. The number of nitrogens with zero attached hydrogens (tertiary/aromatic N) is 1. The summed E-state index contributed by atoms with van der Waals surface area (Å²) in [5.74, 6) is -2.08. The molecule has 1 aliphatic rings. The SMILES string of the molecule is Cc1cc(C)cc(-c2cccc(N/C=C3\C(=O)N(c4cccc(C(=O)O)c4)c4ccc(F)cc43)c2O)c1. The standard InChI is InChI=1S/C30H23FN2O4/c1-17-11-18(2)13-20(12-17)23-7-4-8-26(28(23)34)32-16-25-24-15-21(31)9-10-27(24)33(29(25)35)22-6-3-5-19(14-22)30(36)37/h3-16,32,34H,1-2H3,(H,36,37)/b25-16-. The van der Waals surface area contributed by atoms with E-state index in [4.69, 9.17) is 0 Å². The van der Waals surface area contributed by atoms with E-state index in [-0.39, 0.29) is 16.9 Å². The van der Waals surface area contributed by atoms with Gasteiger partial charge in [0.05, 0.1) is 28.2 Å². The molecule has 4 aromatic carbocycles. The molecule has 0 aromatic heterocycles. The second-order valence-corrected chi connectivity index (χ2v) is 8.94. The molecule has 1 aliphatic heterocycles. The van der Waals surface area contributed by atoms with Crippen LogP contribution >= 0.6 is 0 Å². The zero-order valence-corrected chi connectivity index (χ0v) is 20.1. The number of aromatic hydroxyl groups is 1. The van der Waals surface area contributed by atoms with E-state index in [1.54, 1.807) is 24.3 Å². The summed E-state index contributed by atoms with van der Waals surface area (Å²) < 4.78 is 14.2. The summed E-state index contributed by atoms with van der Waals surface area (Å²) in [6, 6.07) is 21.3. The topological polar surface area (TPSA) is 89.9 Å². The number of phenols is 1. The van der Waals surface area contributed by atoms with E-state index in [1.165, 1.54) is 41.4 Å². The van der Waals surface area contributed by atoms with Crippen LogP contribution in [-0.4, -0.2) is 22.1 Å². The van der Waals surface area contributed by atoms with E-state index >= 15 is 0 Å². The van der Waals surface area contributed by atoms with E-state index in [9.17, 15) is 24.2 Å². The van der Waals surface area contributed by atoms with E-state index in [2.05, 4.69) is 5.32 Å². The number of carbonyl (C=O) groups is 2. The van der Waals surface area contributed by atoms with Crippen molar-refractivity contribution in [2.24, 2.45) is 0 Å². The molecule has 5 rings (SSSR count). The Balaban J connectivity index is 1.54. The molecule has 0 bridgehead atoms. The van der Waals surface area contributed by atoms with Crippen molar-refractivity contribution in [3.8, 4) is 16.9 Å². The molecule has 0 radical (unpaired) electrons. The Labute approximate surface area is 212 Å². The van der Waals surface area contributed by atoms with Crippen molar-refractivity contribution in [2.75, 3.05) is 10.2 Å². The third kappa shape index (κ3) is 4.43. The van der Waals surface area contributed by atoms with E-state index in [1.807, 2.05) is 38.1 Å². The normalized spacial score (nSPS) is 13.6. The highest BCUT2D eigenvalue weighted by Crippen LogP contribution is 2.43. The number of nitrogens with one attached hydrogen (secondary N) is 1. The summed E-state index contributed by atoms with van der Waals surface area (Å²) >= 11 is 0. The van der Waals surface area contributed by atoms with Crippen LogP contribution in [0.2, 0.25) is 0 Å². The minimum atomic E-state index is -1.12. The van der Waals surface area contributed by atoms with Gasteiger partial charge in [-0.2, -0.15) is 0 Å². The molecule has 0 spiro atoms. The van der Waals surface area contributed by atoms with Gasteiger partial charge in [0.25, 0.3) is 5.91 Å². The van der Waals surface area contributed by atoms with Crippen LogP contribution in [0.25, 0.3) is 16.7 Å². The van der Waals surface area contributed by atoms with E-state index in [0.29, 0.717) is 28.2 Å². The van der Waals surface area contributed by atoms with Crippen LogP contribution in [0.4, 0.5) is 21.5 Å². The Morgan fingerprint density at radius 2 is 1.65 bits per heavy atom. The van der Waals surface area contributed by atoms with Gasteiger partial charge in [0.1, 0.15) is 11.6 Å². The second-order valence-electron chi connectivity index (χ2n) is 8.94. The summed E-state index contributed by atoms with van der Waals surface area (Å²) in [5, 5.41) is 23.4. The first kappa shape index (κ1) is 23.8. The molecule has 37 heavy (non-hydrogen) atoms. The van der Waals surface area contributed by atoms with Crippen molar-refractivity contribution in [3.63, 3.8) is 0 Å². The number of para-hydroxylation sites is 1. The number of halogens is 1. The number of benzene rings is 4. The zero-order valence-electron chi connectivity index (χ0n) is 20.1. The average molecular weight is 495 g/mol. The lowest BCUT2D eigenvalue weighted by Crippen LogP contribution is -2.21. The van der Waals surface area contributed by atoms with Gasteiger partial charge in [-0.05, 0) is 61.9 Å². The fourth-order valence-electron chi connectivity index (χ4n) is 4.61. The lowest BCUT2D eigenvalue weighted by Gasteiger charge is -2.17. The van der Waals surface area contributed by atoms with Gasteiger partial charge in [0.15, 0.2) is 0 Å². The molecule has 7 heteroatoms. The van der Waals surface area contributed by atoms with Crippen molar-refractivity contribution in [1.29, 1.82) is 0 Å². The summed E-state index contributed by atoms with van der Waals surface area (Å²) in [4.78, 5) is 26.3. The van der Waals surface area contributed by atoms with Crippen molar-refractivity contribution in [1.82, 2.24) is 0 Å². The molecule has 0 saturated carbocycles. The third-order valence-corrected chi connectivity index (χ3v) is 6.22. The minimum Gasteiger partial charge on any atom is -0.505 e. The number of anilines is 3. The van der Waals surface area contributed by atoms with Crippen LogP contribution in [0, 0.1) is 19.7 Å². The number of carbonyl (C=O) groups excluding carboxylic acids is 1. The Bertz CT molecular complexity index is 1590. The van der Waals surface area contributed by atoms with Gasteiger partial charge in [0.2, 0.25) is 0 Å². The third-order valence-electron chi connectivity index (χ3n) is 6.22. The lowest BCUT2D eigenvalue weighted by atomic mass is 9.99. The highest BCUT2D eigenvalue weighted by Gasteiger charge is 2.34. The van der Waals surface area contributed by atoms with Gasteiger partial charge in [0, 0.05) is 17.3 Å². The van der Waals surface area contributed by atoms with Crippen LogP contribution in [0.3, 0.4) is 0 Å². The highest BCUT2D eigenvalue weighted by atomic mass is 19.1. The summed E-state index contributed by atoms with van der Waals surface area (Å²) in [7, 11) is 0. The van der Waals surface area contributed by atoms with Gasteiger partial charge in [-0.1, -0.05) is 47.5 Å². The quantitative estimate of drug-likeness (QED) is 0.214. The maximum Gasteiger partial charge on any atom is 0.335 e. The van der Waals surface area contributed by atoms with Gasteiger partial charge >= 0.3 is 5.97 Å². The summed E-state index contributed by atoms with van der Waals surface area (Å²) in [6.07, 6.45) is 1.43. The van der Waals surface area contributed by atoms with E-state index in [0.717, 1.165) is 16.7 Å². The zero-order chi connectivity index (χ0) is 26.3. The number of hydrogen-bond donors (Lipinski definition) is 3. The number of carboxylic acid groups (broad SMARTS) is 1. The maximum atomic E-state index is 14.2. The Morgan fingerprint density at radius 3 is 2.38 bits per heavy atom. The maximum absolute atomic E-state index is 14.2. The number of rotatable bonds is 5. The Morgan fingerprint density at radius 1 is 0.919 bits per heavy atom. The molecule has 3 N–H and O–H groups in total. The number of phenolic OH excluding ortho intramolecular Hbond substituents is 1. The molecule has 4 aromatic rings. The predicted molar refractivity (Wildman–Crippen MR) is 142 cm³/mol. The highest BCUT2D eigenvalue weighted by molar-refractivity contribution is 6.35. The van der Waals surface area contributed by atoms with Crippen molar-refractivity contribution in [2.45, 2.75) is 13.8 Å². The molecule has 1 heterocycles. The molecule has 0 atom stereocenters. The average Bonchev–Trinajstić information content (AvgIpc) is 3.13. The fourth-order valence-corrected chi connectivity index (χ4v) is 4.61. The van der Waals surface area contributed by atoms with Gasteiger partial charge in [-0.25, -0.2) is 9.18 Å². The first-order valence-corrected chi connectivity index (χ1v) is 11.6. The predicted octanol–water partition coefficient (Wildman–Crippen LogP) is 6.64. The number of fused-ring (bicyclic) bond motifs is 1. The molecular weight excluding hydrogens is 471 g/mol. The minimum absolute atomic E-state index is 0.0141. The van der Waals surface area contributed by atoms with E-state index < -0.39 is 17.7 Å². The van der Waals surface area contributed by atoms with Gasteiger partial charge in [-0.15, -0.1) is 0 Å². The molecule has 0 fully saturated rings. The smallest absolute Gasteiger partial charge is 0.335 e. The van der Waals surface area contributed by atoms with Crippen LogP contribution in [-0.2, 0) is 4.79 Å². The first-order chi connectivity index (χ1) is 17.7. The number of amides is 1. The van der Waals surface area contributed by atoms with Crippen LogP contribution in [0.1, 0.15) is 27.0 Å².